The van der Waals surface area contributed by atoms with Crippen LogP contribution in [0.25, 0.3) is 0 Å². The predicted octanol–water partition coefficient (Wildman–Crippen LogP) is 1.88. The number of piperidine rings is 1. The van der Waals surface area contributed by atoms with E-state index >= 15 is 0 Å². The van der Waals surface area contributed by atoms with Crippen LogP contribution in [0.15, 0.2) is 0 Å². The zero-order valence-corrected chi connectivity index (χ0v) is 9.28. The molecular formula is C12H23NO. The van der Waals surface area contributed by atoms with Crippen LogP contribution in [0.1, 0.15) is 39.0 Å². The fourth-order valence-electron chi connectivity index (χ4n) is 3.09. The van der Waals surface area contributed by atoms with Crippen molar-refractivity contribution >= 4 is 0 Å². The Hall–Kier alpha value is -0.0800. The first-order chi connectivity index (χ1) is 6.79. The summed E-state index contributed by atoms with van der Waals surface area (Å²) in [5.41, 5.74) is 0. The molecule has 1 heterocycles. The standard InChI is InChI=1S/C12H23NO/c1-10-4-5-12(7-10)13-6-2-3-11(8-13)9-14/h10-12,14H,2-9H2,1H3/t10-,11-,12-/m1/s1. The number of likely N-dealkylation sites (tertiary alicyclic amines) is 1. The lowest BCUT2D eigenvalue weighted by Gasteiger charge is -2.36. The molecule has 1 N–H and O–H groups in total. The first-order valence-electron chi connectivity index (χ1n) is 6.14. The van der Waals surface area contributed by atoms with Gasteiger partial charge in [0.25, 0.3) is 0 Å². The lowest BCUT2D eigenvalue weighted by molar-refractivity contribution is 0.0885. The number of aliphatic hydroxyl groups excluding tert-OH is 1. The summed E-state index contributed by atoms with van der Waals surface area (Å²) in [6, 6.07) is 0.833. The van der Waals surface area contributed by atoms with Gasteiger partial charge in [-0.3, -0.25) is 0 Å². The number of hydrogen-bond acceptors (Lipinski definition) is 2. The van der Waals surface area contributed by atoms with Crippen LogP contribution in [0, 0.1) is 11.8 Å². The third kappa shape index (κ3) is 2.29. The Balaban J connectivity index is 1.84. The second-order valence-corrected chi connectivity index (χ2v) is 5.26. The van der Waals surface area contributed by atoms with Crippen LogP contribution in [0.4, 0.5) is 0 Å². The summed E-state index contributed by atoms with van der Waals surface area (Å²) >= 11 is 0. The van der Waals surface area contributed by atoms with Crippen LogP contribution >= 0.6 is 0 Å². The fraction of sp³-hybridized carbons (Fsp3) is 1.00. The smallest absolute Gasteiger partial charge is 0.0471 e. The van der Waals surface area contributed by atoms with Gasteiger partial charge in [0.2, 0.25) is 0 Å². The van der Waals surface area contributed by atoms with E-state index in [1.165, 1.54) is 38.6 Å². The highest BCUT2D eigenvalue weighted by Gasteiger charge is 2.30. The van der Waals surface area contributed by atoms with Gasteiger partial charge >= 0.3 is 0 Å². The van der Waals surface area contributed by atoms with Crippen molar-refractivity contribution in [2.75, 3.05) is 19.7 Å². The van der Waals surface area contributed by atoms with Crippen LogP contribution in [0.5, 0.6) is 0 Å². The molecule has 0 spiro atoms. The summed E-state index contributed by atoms with van der Waals surface area (Å²) in [5, 5.41) is 9.18. The molecule has 2 aliphatic rings. The quantitative estimate of drug-likeness (QED) is 0.730. The zero-order valence-electron chi connectivity index (χ0n) is 9.28. The molecule has 1 saturated carbocycles. The van der Waals surface area contributed by atoms with Crippen LogP contribution in [0.2, 0.25) is 0 Å². The first-order valence-corrected chi connectivity index (χ1v) is 6.14. The minimum Gasteiger partial charge on any atom is -0.396 e. The van der Waals surface area contributed by atoms with Crippen molar-refractivity contribution in [1.82, 2.24) is 4.90 Å². The number of hydrogen-bond donors (Lipinski definition) is 1. The molecule has 82 valence electrons. The highest BCUT2D eigenvalue weighted by atomic mass is 16.3. The van der Waals surface area contributed by atoms with Gasteiger partial charge in [-0.1, -0.05) is 6.92 Å². The maximum atomic E-state index is 9.18. The summed E-state index contributed by atoms with van der Waals surface area (Å²) in [7, 11) is 0. The van der Waals surface area contributed by atoms with Crippen LogP contribution in [-0.4, -0.2) is 35.7 Å². The lowest BCUT2D eigenvalue weighted by atomic mass is 9.97. The Bertz CT molecular complexity index is 183. The molecule has 0 unspecified atom stereocenters. The van der Waals surface area contributed by atoms with Crippen molar-refractivity contribution in [3.63, 3.8) is 0 Å². The Morgan fingerprint density at radius 1 is 1.29 bits per heavy atom. The van der Waals surface area contributed by atoms with Gasteiger partial charge in [-0.25, -0.2) is 0 Å². The van der Waals surface area contributed by atoms with Gasteiger partial charge in [-0.15, -0.1) is 0 Å². The van der Waals surface area contributed by atoms with Gasteiger partial charge in [0.1, 0.15) is 0 Å². The third-order valence-electron chi connectivity index (χ3n) is 3.99. The van der Waals surface area contributed by atoms with E-state index in [-0.39, 0.29) is 0 Å². The Kier molecular flexibility index (Phi) is 3.45. The molecular weight excluding hydrogens is 174 g/mol. The van der Waals surface area contributed by atoms with Gasteiger partial charge in [-0.2, -0.15) is 0 Å². The summed E-state index contributed by atoms with van der Waals surface area (Å²) in [6.07, 6.45) is 6.70. The van der Waals surface area contributed by atoms with Crippen molar-refractivity contribution in [3.05, 3.63) is 0 Å². The van der Waals surface area contributed by atoms with Crippen molar-refractivity contribution < 1.29 is 5.11 Å². The Labute approximate surface area is 87.3 Å². The maximum Gasteiger partial charge on any atom is 0.0471 e. The molecule has 2 nitrogen and oxygen atoms in total. The van der Waals surface area contributed by atoms with Gasteiger partial charge < -0.3 is 10.0 Å². The van der Waals surface area contributed by atoms with Crippen molar-refractivity contribution in [3.8, 4) is 0 Å². The minimum atomic E-state index is 0.388. The predicted molar refractivity (Wildman–Crippen MR) is 58.2 cm³/mol. The van der Waals surface area contributed by atoms with E-state index in [1.807, 2.05) is 0 Å². The summed E-state index contributed by atoms with van der Waals surface area (Å²) in [4.78, 5) is 2.63. The van der Waals surface area contributed by atoms with Crippen LogP contribution in [0.3, 0.4) is 0 Å². The van der Waals surface area contributed by atoms with Crippen LogP contribution in [-0.2, 0) is 0 Å². The van der Waals surface area contributed by atoms with Gasteiger partial charge in [-0.05, 0) is 50.5 Å². The Morgan fingerprint density at radius 3 is 2.79 bits per heavy atom. The average molecular weight is 197 g/mol. The molecule has 0 amide bonds. The second kappa shape index (κ2) is 4.63. The van der Waals surface area contributed by atoms with Crippen LogP contribution < -0.4 is 0 Å². The number of nitrogens with zero attached hydrogens (tertiary/aromatic N) is 1. The van der Waals surface area contributed by atoms with E-state index < -0.39 is 0 Å². The lowest BCUT2D eigenvalue weighted by Crippen LogP contribution is -2.42. The van der Waals surface area contributed by atoms with Gasteiger partial charge in [0.05, 0.1) is 0 Å². The molecule has 3 atom stereocenters. The largest absolute Gasteiger partial charge is 0.396 e. The number of aliphatic hydroxyl groups is 1. The third-order valence-corrected chi connectivity index (χ3v) is 3.99. The van der Waals surface area contributed by atoms with Gasteiger partial charge in [0, 0.05) is 19.2 Å². The molecule has 0 bridgehead atoms. The van der Waals surface area contributed by atoms with E-state index in [0.29, 0.717) is 12.5 Å². The molecule has 14 heavy (non-hydrogen) atoms. The average Bonchev–Trinajstić information content (AvgIpc) is 2.65. The van der Waals surface area contributed by atoms with E-state index in [4.69, 9.17) is 0 Å². The molecule has 0 aromatic heterocycles. The number of rotatable bonds is 2. The summed E-state index contributed by atoms with van der Waals surface area (Å²) in [5.74, 6) is 1.48. The minimum absolute atomic E-state index is 0.388. The molecule has 2 fully saturated rings. The molecule has 0 aromatic rings. The molecule has 2 heteroatoms. The Morgan fingerprint density at radius 2 is 2.14 bits per heavy atom. The van der Waals surface area contributed by atoms with E-state index in [0.717, 1.165) is 18.5 Å². The molecule has 0 radical (unpaired) electrons. The molecule has 1 aliphatic heterocycles. The monoisotopic (exact) mass is 197 g/mol. The van der Waals surface area contributed by atoms with E-state index in [1.54, 1.807) is 0 Å². The normalized spacial score (nSPS) is 40.3. The summed E-state index contributed by atoms with van der Waals surface area (Å²) < 4.78 is 0. The van der Waals surface area contributed by atoms with E-state index in [9.17, 15) is 5.11 Å². The maximum absolute atomic E-state index is 9.18. The molecule has 2 rings (SSSR count). The van der Waals surface area contributed by atoms with Crippen molar-refractivity contribution in [1.29, 1.82) is 0 Å². The zero-order chi connectivity index (χ0) is 9.97. The topological polar surface area (TPSA) is 23.5 Å². The molecule has 0 aromatic carbocycles. The van der Waals surface area contributed by atoms with Crippen molar-refractivity contribution in [2.24, 2.45) is 11.8 Å². The van der Waals surface area contributed by atoms with E-state index in [2.05, 4.69) is 11.8 Å². The molecule has 1 aliphatic carbocycles. The first kappa shape index (κ1) is 10.4. The molecule has 1 saturated heterocycles. The fourth-order valence-corrected chi connectivity index (χ4v) is 3.09. The highest BCUT2D eigenvalue weighted by Crippen LogP contribution is 2.31. The second-order valence-electron chi connectivity index (χ2n) is 5.26. The van der Waals surface area contributed by atoms with Gasteiger partial charge in [0.15, 0.2) is 0 Å². The summed E-state index contributed by atoms with van der Waals surface area (Å²) in [6.45, 7) is 5.17. The SMILES string of the molecule is C[C@@H]1CC[C@@H](N2CCC[C@@H](CO)C2)C1. The van der Waals surface area contributed by atoms with Crippen molar-refractivity contribution in [2.45, 2.75) is 45.1 Å². The highest BCUT2D eigenvalue weighted by molar-refractivity contribution is 4.84.